The summed E-state index contributed by atoms with van der Waals surface area (Å²) in [4.78, 5) is 57.5. The zero-order valence-electron chi connectivity index (χ0n) is 28.6. The van der Waals surface area contributed by atoms with Gasteiger partial charge in [0.05, 0.1) is 0 Å². The van der Waals surface area contributed by atoms with E-state index in [0.29, 0.717) is 5.41 Å². The van der Waals surface area contributed by atoms with Gasteiger partial charge >= 0.3 is 219 Å². The average Bonchev–Trinajstić information content (AvgIpc) is 2.68. The molecule has 2 aromatic rings. The van der Waals surface area contributed by atoms with E-state index >= 15 is 0 Å². The van der Waals surface area contributed by atoms with Crippen LogP contribution in [0.5, 0.6) is 0 Å². The fourth-order valence-corrected chi connectivity index (χ4v) is 6.08. The van der Waals surface area contributed by atoms with E-state index in [2.05, 4.69) is 69.2 Å². The summed E-state index contributed by atoms with van der Waals surface area (Å²) in [6.07, 6.45) is 0. The van der Waals surface area contributed by atoms with Gasteiger partial charge in [0, 0.05) is 0 Å². The number of hydrogen-bond donors (Lipinski definition) is 6. The molecule has 0 aliphatic rings. The second-order valence-electron chi connectivity index (χ2n) is 16.8. The Balaban J connectivity index is 0.000000671. The Kier molecular flexibility index (Phi) is 13.1. The molecule has 6 nitrogen and oxygen atoms in total. The van der Waals surface area contributed by atoms with Gasteiger partial charge in [0.2, 0.25) is 0 Å². The van der Waals surface area contributed by atoms with Gasteiger partial charge < -0.3 is 0 Å². The molecule has 0 saturated heterocycles. The molecule has 0 heterocycles. The van der Waals surface area contributed by atoms with Crippen molar-refractivity contribution in [1.29, 1.82) is 0 Å². The maximum absolute atomic E-state index is 9.58. The summed E-state index contributed by atoms with van der Waals surface area (Å²) < 4.78 is 0. The van der Waals surface area contributed by atoms with Crippen molar-refractivity contribution in [3.8, 4) is 0 Å². The molecule has 0 aliphatic carbocycles. The first kappa shape index (κ1) is 40.1. The van der Waals surface area contributed by atoms with E-state index in [4.69, 9.17) is 0 Å². The molecule has 0 aliphatic heterocycles. The Labute approximate surface area is 252 Å². The quantitative estimate of drug-likeness (QED) is 0.206. The molecule has 0 amide bonds. The van der Waals surface area contributed by atoms with Crippen LogP contribution >= 0.6 is 15.9 Å². The van der Waals surface area contributed by atoms with Gasteiger partial charge in [-0.15, -0.1) is 0 Å². The van der Waals surface area contributed by atoms with Gasteiger partial charge in [-0.25, -0.2) is 0 Å². The Morgan fingerprint density at radius 3 is 0.756 bits per heavy atom. The SMILES string of the molecule is CC(C)(C)C.CC(C)(C)c1ccc([PH](O)(O)O)c(C(C)(C)C)c1.CC(C)(C)c1ccc([PH](O)(O)O)c(C(C)(C)C)c1. The Bertz CT molecular complexity index is 1030. The minimum absolute atomic E-state index is 0.0108. The van der Waals surface area contributed by atoms with Crippen LogP contribution in [0.25, 0.3) is 0 Å². The summed E-state index contributed by atoms with van der Waals surface area (Å²) in [5.41, 5.74) is 3.82. The third-order valence-corrected chi connectivity index (χ3v) is 8.43. The average molecular weight is 617 g/mol. The van der Waals surface area contributed by atoms with Crippen LogP contribution < -0.4 is 10.6 Å². The van der Waals surface area contributed by atoms with Gasteiger partial charge in [-0.2, -0.15) is 0 Å². The molecule has 0 aromatic heterocycles. The van der Waals surface area contributed by atoms with Gasteiger partial charge in [0.15, 0.2) is 0 Å². The van der Waals surface area contributed by atoms with E-state index in [-0.39, 0.29) is 32.3 Å². The Morgan fingerprint density at radius 1 is 0.390 bits per heavy atom. The minimum atomic E-state index is -4.27. The van der Waals surface area contributed by atoms with Gasteiger partial charge in [-0.05, 0) is 5.41 Å². The summed E-state index contributed by atoms with van der Waals surface area (Å²) in [5.74, 6) is 0. The molecule has 2 aromatic carbocycles. The molecule has 0 fully saturated rings. The summed E-state index contributed by atoms with van der Waals surface area (Å²) in [6.45, 7) is 33.4. The van der Waals surface area contributed by atoms with E-state index < -0.39 is 15.9 Å². The van der Waals surface area contributed by atoms with E-state index in [1.54, 1.807) is 12.1 Å². The normalized spacial score (nSPS) is 14.4. The second kappa shape index (κ2) is 13.4. The Hall–Kier alpha value is -0.940. The number of benzene rings is 2. The molecule has 0 saturated carbocycles. The maximum atomic E-state index is 9.58. The molecule has 0 atom stereocenters. The topological polar surface area (TPSA) is 121 Å². The zero-order valence-corrected chi connectivity index (χ0v) is 30.6. The number of rotatable bonds is 2. The Morgan fingerprint density at radius 2 is 0.610 bits per heavy atom. The van der Waals surface area contributed by atoms with E-state index in [1.807, 2.05) is 65.8 Å². The van der Waals surface area contributed by atoms with Crippen LogP contribution in [0, 0.1) is 5.41 Å². The zero-order chi connectivity index (χ0) is 33.2. The molecule has 2 rings (SSSR count). The van der Waals surface area contributed by atoms with E-state index in [9.17, 15) is 29.4 Å². The van der Waals surface area contributed by atoms with Gasteiger partial charge in [-0.1, -0.05) is 27.7 Å². The molecule has 0 bridgehead atoms. The van der Waals surface area contributed by atoms with Crippen molar-refractivity contribution in [2.24, 2.45) is 5.41 Å². The van der Waals surface area contributed by atoms with Crippen LogP contribution in [0.1, 0.15) is 133 Å². The number of hydrogen-bond acceptors (Lipinski definition) is 6. The van der Waals surface area contributed by atoms with Gasteiger partial charge in [-0.3, -0.25) is 0 Å². The second-order valence-corrected chi connectivity index (χ2v) is 20.4. The van der Waals surface area contributed by atoms with Crippen molar-refractivity contribution in [2.75, 3.05) is 0 Å². The van der Waals surface area contributed by atoms with Crippen molar-refractivity contribution >= 4 is 26.5 Å². The molecular weight excluding hydrogens is 554 g/mol. The molecule has 0 spiro atoms. The fraction of sp³-hybridized carbons (Fsp3) is 0.636. The van der Waals surface area contributed by atoms with Gasteiger partial charge in [0.1, 0.15) is 0 Å². The fourth-order valence-electron chi connectivity index (χ4n) is 3.85. The summed E-state index contributed by atoms with van der Waals surface area (Å²) in [7, 11) is -8.54. The van der Waals surface area contributed by atoms with E-state index in [0.717, 1.165) is 22.3 Å². The third-order valence-electron chi connectivity index (χ3n) is 6.11. The van der Waals surface area contributed by atoms with E-state index in [1.165, 1.54) is 0 Å². The molecular formula is C33H62O6P2. The van der Waals surface area contributed by atoms with Gasteiger partial charge in [0.25, 0.3) is 0 Å². The van der Waals surface area contributed by atoms with Crippen molar-refractivity contribution < 1.29 is 29.4 Å². The van der Waals surface area contributed by atoms with Crippen molar-refractivity contribution in [3.63, 3.8) is 0 Å². The first-order chi connectivity index (χ1) is 17.7. The van der Waals surface area contributed by atoms with Crippen molar-refractivity contribution in [3.05, 3.63) is 58.7 Å². The first-order valence-electron chi connectivity index (χ1n) is 14.3. The van der Waals surface area contributed by atoms with Crippen molar-refractivity contribution in [1.82, 2.24) is 0 Å². The molecule has 6 N–H and O–H groups in total. The first-order valence-corrected chi connectivity index (χ1v) is 18.0. The predicted molar refractivity (Wildman–Crippen MR) is 182 cm³/mol. The van der Waals surface area contributed by atoms with Crippen LogP contribution in [0.4, 0.5) is 0 Å². The van der Waals surface area contributed by atoms with Crippen LogP contribution in [-0.4, -0.2) is 29.4 Å². The molecule has 0 radical (unpaired) electrons. The van der Waals surface area contributed by atoms with Crippen LogP contribution in [0.15, 0.2) is 36.4 Å². The molecule has 240 valence electrons. The monoisotopic (exact) mass is 616 g/mol. The molecule has 0 unspecified atom stereocenters. The molecule has 41 heavy (non-hydrogen) atoms. The predicted octanol–water partition coefficient (Wildman–Crippen LogP) is 6.81. The summed E-state index contributed by atoms with van der Waals surface area (Å²) >= 11 is 0. The van der Waals surface area contributed by atoms with Crippen LogP contribution in [0.3, 0.4) is 0 Å². The molecule has 8 heteroatoms. The summed E-state index contributed by atoms with van der Waals surface area (Å²) in [5, 5.41) is 0.561. The third kappa shape index (κ3) is 14.4. The van der Waals surface area contributed by atoms with Crippen LogP contribution in [0.2, 0.25) is 0 Å². The van der Waals surface area contributed by atoms with Crippen molar-refractivity contribution in [2.45, 2.75) is 132 Å². The standard InChI is InChI=1S/2C14H25O3P.C5H12/c2*1-13(2,3)10-7-8-12(18(15,16)17)11(9-10)14(4,5)6;1-5(2,3)4/h2*7-9,15-18H,1-6H3;1-4H3. The van der Waals surface area contributed by atoms with Crippen LogP contribution in [-0.2, 0) is 21.7 Å². The summed E-state index contributed by atoms with van der Waals surface area (Å²) in [6, 6.07) is 10.9.